The maximum atomic E-state index is 11.8. The minimum absolute atomic E-state index is 0.00790. The lowest BCUT2D eigenvalue weighted by Crippen LogP contribution is -2.27. The van der Waals surface area contributed by atoms with Crippen molar-refractivity contribution in [3.63, 3.8) is 0 Å². The molecule has 8 heteroatoms. The van der Waals surface area contributed by atoms with Gasteiger partial charge in [0.05, 0.1) is 10.6 Å². The Labute approximate surface area is 149 Å². The summed E-state index contributed by atoms with van der Waals surface area (Å²) in [4.78, 5) is 14.4. The van der Waals surface area contributed by atoms with Crippen molar-refractivity contribution in [1.29, 1.82) is 0 Å². The van der Waals surface area contributed by atoms with Crippen LogP contribution < -0.4 is 10.0 Å². The summed E-state index contributed by atoms with van der Waals surface area (Å²) in [5.41, 5.74) is 0.867. The lowest BCUT2D eigenvalue weighted by atomic mass is 10.2. The van der Waals surface area contributed by atoms with Crippen LogP contribution in [-0.4, -0.2) is 57.4 Å². The molecule has 0 unspecified atom stereocenters. The number of amides is 1. The molecule has 0 fully saturated rings. The fraction of sp³-hybridized carbons (Fsp3) is 0.562. The van der Waals surface area contributed by atoms with Crippen LogP contribution in [0.2, 0.25) is 0 Å². The van der Waals surface area contributed by atoms with Crippen LogP contribution >= 0.6 is 11.8 Å². The molecule has 0 atom stereocenters. The highest BCUT2D eigenvalue weighted by molar-refractivity contribution is 7.99. The maximum absolute atomic E-state index is 11.8. The van der Waals surface area contributed by atoms with Gasteiger partial charge in [-0.2, -0.15) is 11.8 Å². The van der Waals surface area contributed by atoms with Crippen LogP contribution in [0.25, 0.3) is 0 Å². The first-order valence-electron chi connectivity index (χ1n) is 8.02. The number of nitrogens with one attached hydrogen (secondary N) is 2. The fourth-order valence-corrected chi connectivity index (χ4v) is 3.60. The summed E-state index contributed by atoms with van der Waals surface area (Å²) in [6.07, 6.45) is 0. The molecule has 1 amide bonds. The molecule has 6 nitrogen and oxygen atoms in total. The molecule has 0 radical (unpaired) electrons. The van der Waals surface area contributed by atoms with Crippen molar-refractivity contribution in [3.8, 4) is 0 Å². The zero-order valence-corrected chi connectivity index (χ0v) is 16.2. The van der Waals surface area contributed by atoms with E-state index in [-0.39, 0.29) is 10.8 Å². The van der Waals surface area contributed by atoms with E-state index in [0.717, 1.165) is 31.0 Å². The van der Waals surface area contributed by atoms with Crippen LogP contribution in [0.1, 0.15) is 19.4 Å². The summed E-state index contributed by atoms with van der Waals surface area (Å²) >= 11 is 1.62. The van der Waals surface area contributed by atoms with Crippen molar-refractivity contribution in [2.75, 3.05) is 38.2 Å². The third-order valence-corrected chi connectivity index (χ3v) is 6.04. The van der Waals surface area contributed by atoms with Gasteiger partial charge in [0, 0.05) is 18.8 Å². The lowest BCUT2D eigenvalue weighted by Gasteiger charge is -2.17. The molecular formula is C16H27N3O3S2. The topological polar surface area (TPSA) is 78.5 Å². The summed E-state index contributed by atoms with van der Waals surface area (Å²) in [5, 5.41) is 2.85. The van der Waals surface area contributed by atoms with Crippen molar-refractivity contribution in [1.82, 2.24) is 14.9 Å². The molecule has 24 heavy (non-hydrogen) atoms. The second kappa shape index (κ2) is 10.7. The van der Waals surface area contributed by atoms with E-state index in [1.807, 2.05) is 0 Å². The van der Waals surface area contributed by atoms with E-state index in [1.54, 1.807) is 23.9 Å². The minimum atomic E-state index is -3.42. The van der Waals surface area contributed by atoms with E-state index < -0.39 is 10.0 Å². The highest BCUT2D eigenvalue weighted by Gasteiger charge is 2.10. The van der Waals surface area contributed by atoms with Crippen LogP contribution in [0.4, 0.5) is 0 Å². The van der Waals surface area contributed by atoms with Gasteiger partial charge in [-0.15, -0.1) is 0 Å². The van der Waals surface area contributed by atoms with Gasteiger partial charge < -0.3 is 10.2 Å². The molecule has 2 N–H and O–H groups in total. The molecule has 0 aromatic heterocycles. The van der Waals surface area contributed by atoms with Gasteiger partial charge >= 0.3 is 0 Å². The molecule has 1 aromatic carbocycles. The highest BCUT2D eigenvalue weighted by Crippen LogP contribution is 2.10. The average molecular weight is 374 g/mol. The van der Waals surface area contributed by atoms with Crippen molar-refractivity contribution in [2.45, 2.75) is 25.3 Å². The van der Waals surface area contributed by atoms with E-state index in [0.29, 0.717) is 12.3 Å². The van der Waals surface area contributed by atoms with Gasteiger partial charge in [0.2, 0.25) is 15.9 Å². The van der Waals surface area contributed by atoms with Gasteiger partial charge in [-0.3, -0.25) is 4.79 Å². The second-order valence-electron chi connectivity index (χ2n) is 5.21. The minimum Gasteiger partial charge on any atom is -0.351 e. The van der Waals surface area contributed by atoms with Gasteiger partial charge in [0.25, 0.3) is 0 Å². The molecule has 1 rings (SSSR count). The van der Waals surface area contributed by atoms with E-state index >= 15 is 0 Å². The Bertz CT molecular complexity index is 599. The Kier molecular flexibility index (Phi) is 9.35. The first kappa shape index (κ1) is 21.0. The fourth-order valence-electron chi connectivity index (χ4n) is 2.05. The molecular weight excluding hydrogens is 346 g/mol. The molecule has 0 heterocycles. The Morgan fingerprint density at radius 2 is 1.79 bits per heavy atom. The normalized spacial score (nSPS) is 11.7. The third kappa shape index (κ3) is 7.21. The first-order chi connectivity index (χ1) is 11.4. The van der Waals surface area contributed by atoms with Crippen molar-refractivity contribution in [3.05, 3.63) is 29.8 Å². The first-order valence-corrected chi connectivity index (χ1v) is 10.7. The Morgan fingerprint density at radius 1 is 1.17 bits per heavy atom. The molecule has 0 spiro atoms. The van der Waals surface area contributed by atoms with Crippen LogP contribution in [0, 0.1) is 0 Å². The summed E-state index contributed by atoms with van der Waals surface area (Å²) in [5.74, 6) is 1.37. The van der Waals surface area contributed by atoms with Crippen LogP contribution in [0.5, 0.6) is 0 Å². The lowest BCUT2D eigenvalue weighted by molar-refractivity contribution is -0.118. The van der Waals surface area contributed by atoms with Gasteiger partial charge in [0.1, 0.15) is 0 Å². The molecule has 0 aliphatic heterocycles. The molecule has 0 saturated carbocycles. The van der Waals surface area contributed by atoms with Crippen molar-refractivity contribution >= 4 is 27.7 Å². The second-order valence-corrected chi connectivity index (χ2v) is 8.20. The van der Waals surface area contributed by atoms with E-state index in [1.165, 1.54) is 19.2 Å². The number of hydrogen-bond donors (Lipinski definition) is 2. The van der Waals surface area contributed by atoms with E-state index in [9.17, 15) is 13.2 Å². The summed E-state index contributed by atoms with van der Waals surface area (Å²) in [6, 6.07) is 6.48. The number of nitrogens with zero attached hydrogens (tertiary/aromatic N) is 1. The third-order valence-electron chi connectivity index (χ3n) is 3.67. The van der Waals surface area contributed by atoms with Crippen LogP contribution in [0.3, 0.4) is 0 Å². The monoisotopic (exact) mass is 373 g/mol. The number of benzene rings is 1. The van der Waals surface area contributed by atoms with E-state index in [4.69, 9.17) is 0 Å². The SMILES string of the molecule is CCN(CC)CCSCC(=O)NCc1ccc(S(=O)(=O)NC)cc1. The van der Waals surface area contributed by atoms with E-state index in [2.05, 4.69) is 28.8 Å². The molecule has 0 saturated heterocycles. The van der Waals surface area contributed by atoms with Crippen molar-refractivity contribution < 1.29 is 13.2 Å². The number of carbonyl (C=O) groups excluding carboxylic acids is 1. The summed E-state index contributed by atoms with van der Waals surface area (Å²) in [6.45, 7) is 7.72. The molecule has 136 valence electrons. The van der Waals surface area contributed by atoms with Crippen LogP contribution in [0.15, 0.2) is 29.2 Å². The standard InChI is InChI=1S/C16H27N3O3S2/c1-4-19(5-2)10-11-23-13-16(20)18-12-14-6-8-15(9-7-14)24(21,22)17-3/h6-9,17H,4-5,10-13H2,1-3H3,(H,18,20). The number of thioether (sulfide) groups is 1. The number of sulfonamides is 1. The van der Waals surface area contributed by atoms with Crippen LogP contribution in [-0.2, 0) is 21.4 Å². The van der Waals surface area contributed by atoms with Gasteiger partial charge in [-0.25, -0.2) is 13.1 Å². The Balaban J connectivity index is 2.32. The number of carbonyl (C=O) groups is 1. The van der Waals surface area contributed by atoms with Gasteiger partial charge in [0.15, 0.2) is 0 Å². The van der Waals surface area contributed by atoms with Crippen molar-refractivity contribution in [2.24, 2.45) is 0 Å². The molecule has 0 aliphatic rings. The predicted molar refractivity (Wildman–Crippen MR) is 99.6 cm³/mol. The largest absolute Gasteiger partial charge is 0.351 e. The predicted octanol–water partition coefficient (Wildman–Crippen LogP) is 1.29. The maximum Gasteiger partial charge on any atom is 0.240 e. The molecule has 0 aliphatic carbocycles. The Morgan fingerprint density at radius 3 is 2.33 bits per heavy atom. The zero-order valence-electron chi connectivity index (χ0n) is 14.5. The molecule has 0 bridgehead atoms. The Hall–Kier alpha value is -1.09. The zero-order chi connectivity index (χ0) is 18.0. The number of rotatable bonds is 11. The average Bonchev–Trinajstić information content (AvgIpc) is 2.60. The van der Waals surface area contributed by atoms with Gasteiger partial charge in [-0.05, 0) is 37.8 Å². The quantitative estimate of drug-likeness (QED) is 0.572. The smallest absolute Gasteiger partial charge is 0.240 e. The number of hydrogen-bond acceptors (Lipinski definition) is 5. The summed E-state index contributed by atoms with van der Waals surface area (Å²) in [7, 11) is -2.04. The molecule has 1 aromatic rings. The summed E-state index contributed by atoms with van der Waals surface area (Å²) < 4.78 is 25.5. The van der Waals surface area contributed by atoms with Gasteiger partial charge in [-0.1, -0.05) is 26.0 Å². The highest BCUT2D eigenvalue weighted by atomic mass is 32.2.